The predicted octanol–water partition coefficient (Wildman–Crippen LogP) is 3.99. The molecule has 0 radical (unpaired) electrons. The van der Waals surface area contributed by atoms with Gasteiger partial charge in [0.15, 0.2) is 22.6 Å². The van der Waals surface area contributed by atoms with Crippen LogP contribution in [0, 0.1) is 11.6 Å². The molecule has 0 saturated heterocycles. The second kappa shape index (κ2) is 6.66. The molecule has 0 heterocycles. The summed E-state index contributed by atoms with van der Waals surface area (Å²) in [6, 6.07) is 6.96. The number of fused-ring (bicyclic) bond motifs is 1. The molecule has 122 valence electrons. The number of methoxy groups -OCH3 is 1. The highest BCUT2D eigenvalue weighted by atomic mass is 32.2. The molecule has 0 aliphatic heterocycles. The molecule has 0 aromatic heterocycles. The number of hydrogen-bond acceptors (Lipinski definition) is 2. The highest BCUT2D eigenvalue weighted by Crippen LogP contribution is 2.33. The first-order valence-corrected chi connectivity index (χ1v) is 8.57. The molecule has 2 aromatic rings. The van der Waals surface area contributed by atoms with Gasteiger partial charge >= 0.3 is 0 Å². The Bertz CT molecular complexity index is 764. The average molecular weight is 337 g/mol. The van der Waals surface area contributed by atoms with Crippen molar-refractivity contribution in [1.82, 2.24) is 0 Å². The number of anilines is 1. The minimum absolute atomic E-state index is 0.280. The van der Waals surface area contributed by atoms with Crippen LogP contribution in [0.25, 0.3) is 0 Å². The van der Waals surface area contributed by atoms with Gasteiger partial charge in [-0.1, -0.05) is 0 Å². The molecule has 2 aromatic carbocycles. The zero-order chi connectivity index (χ0) is 16.4. The summed E-state index contributed by atoms with van der Waals surface area (Å²) in [6.07, 6.45) is 3.85. The standard InChI is InChI=1S/C17H17F2NO2S/c1-22-16-8-9-17(13-5-3-2-4-12(13)16)23(21)20-11-6-7-14(18)15(19)10-11/h6-10,20H,2-5H2,1H3. The third-order valence-corrected chi connectivity index (χ3v) is 5.20. The molecule has 0 spiro atoms. The van der Waals surface area contributed by atoms with Gasteiger partial charge in [-0.25, -0.2) is 13.0 Å². The number of nitrogens with one attached hydrogen (secondary N) is 1. The van der Waals surface area contributed by atoms with E-state index >= 15 is 0 Å². The van der Waals surface area contributed by atoms with Gasteiger partial charge in [-0.2, -0.15) is 0 Å². The molecule has 1 aliphatic rings. The Kier molecular flexibility index (Phi) is 4.61. The molecule has 0 bridgehead atoms. The van der Waals surface area contributed by atoms with Crippen molar-refractivity contribution in [2.75, 3.05) is 11.8 Å². The molecular weight excluding hydrogens is 320 g/mol. The summed E-state index contributed by atoms with van der Waals surface area (Å²) in [5.74, 6) is -1.08. The van der Waals surface area contributed by atoms with Crippen LogP contribution in [0.5, 0.6) is 5.75 Å². The third kappa shape index (κ3) is 3.22. The van der Waals surface area contributed by atoms with E-state index in [1.165, 1.54) is 6.07 Å². The van der Waals surface area contributed by atoms with Crippen molar-refractivity contribution in [3.05, 3.63) is 53.1 Å². The van der Waals surface area contributed by atoms with Gasteiger partial charge in [-0.15, -0.1) is 0 Å². The van der Waals surface area contributed by atoms with E-state index in [2.05, 4.69) is 4.72 Å². The van der Waals surface area contributed by atoms with Gasteiger partial charge in [0.25, 0.3) is 0 Å². The monoisotopic (exact) mass is 337 g/mol. The van der Waals surface area contributed by atoms with E-state index in [1.54, 1.807) is 13.2 Å². The molecule has 0 saturated carbocycles. The highest BCUT2D eigenvalue weighted by molar-refractivity contribution is 7.86. The molecule has 23 heavy (non-hydrogen) atoms. The molecule has 1 unspecified atom stereocenters. The van der Waals surface area contributed by atoms with Crippen LogP contribution >= 0.6 is 0 Å². The van der Waals surface area contributed by atoms with Crippen LogP contribution in [0.2, 0.25) is 0 Å². The average Bonchev–Trinajstić information content (AvgIpc) is 2.57. The maximum atomic E-state index is 13.3. The topological polar surface area (TPSA) is 38.3 Å². The van der Waals surface area contributed by atoms with Crippen molar-refractivity contribution in [3.63, 3.8) is 0 Å². The first-order chi connectivity index (χ1) is 11.1. The van der Waals surface area contributed by atoms with E-state index in [-0.39, 0.29) is 5.69 Å². The molecule has 1 aliphatic carbocycles. The van der Waals surface area contributed by atoms with Gasteiger partial charge in [-0.05, 0) is 61.1 Å². The molecule has 3 nitrogen and oxygen atoms in total. The Hall–Kier alpha value is -1.95. The molecule has 1 atom stereocenters. The van der Waals surface area contributed by atoms with Crippen LogP contribution < -0.4 is 9.46 Å². The molecule has 1 N–H and O–H groups in total. The maximum absolute atomic E-state index is 13.3. The van der Waals surface area contributed by atoms with Crippen molar-refractivity contribution in [3.8, 4) is 5.75 Å². The van der Waals surface area contributed by atoms with Crippen LogP contribution in [-0.4, -0.2) is 11.3 Å². The van der Waals surface area contributed by atoms with Crippen molar-refractivity contribution in [2.24, 2.45) is 0 Å². The number of halogens is 2. The van der Waals surface area contributed by atoms with Crippen LogP contribution in [0.3, 0.4) is 0 Å². The molecular formula is C17H17F2NO2S. The van der Waals surface area contributed by atoms with Gasteiger partial charge < -0.3 is 9.46 Å². The van der Waals surface area contributed by atoms with Crippen molar-refractivity contribution in [1.29, 1.82) is 0 Å². The van der Waals surface area contributed by atoms with Crippen LogP contribution in [0.4, 0.5) is 14.5 Å². The zero-order valence-corrected chi connectivity index (χ0v) is 13.5. The first kappa shape index (κ1) is 15.9. The number of rotatable bonds is 4. The van der Waals surface area contributed by atoms with E-state index in [0.717, 1.165) is 54.7 Å². The summed E-state index contributed by atoms with van der Waals surface area (Å²) < 4.78 is 47.0. The lowest BCUT2D eigenvalue weighted by atomic mass is 9.91. The van der Waals surface area contributed by atoms with Crippen LogP contribution in [0.1, 0.15) is 24.0 Å². The predicted molar refractivity (Wildman–Crippen MR) is 86.0 cm³/mol. The Morgan fingerprint density at radius 2 is 1.78 bits per heavy atom. The summed E-state index contributed by atoms with van der Waals surface area (Å²) in [6.45, 7) is 0. The molecule has 3 rings (SSSR count). The minimum Gasteiger partial charge on any atom is -0.496 e. The summed E-state index contributed by atoms with van der Waals surface area (Å²) >= 11 is 0. The normalized spacial score (nSPS) is 14.9. The Balaban J connectivity index is 1.91. The molecule has 6 heteroatoms. The Labute approximate surface area is 136 Å². The van der Waals surface area contributed by atoms with Crippen molar-refractivity contribution < 1.29 is 17.7 Å². The number of hydrogen-bond donors (Lipinski definition) is 1. The van der Waals surface area contributed by atoms with Gasteiger partial charge in [0.1, 0.15) is 5.75 Å². The highest BCUT2D eigenvalue weighted by Gasteiger charge is 2.20. The largest absolute Gasteiger partial charge is 0.496 e. The van der Waals surface area contributed by atoms with Crippen LogP contribution in [-0.2, 0) is 23.8 Å². The third-order valence-electron chi connectivity index (χ3n) is 4.00. The lowest BCUT2D eigenvalue weighted by Crippen LogP contribution is -2.13. The van der Waals surface area contributed by atoms with Crippen molar-refractivity contribution in [2.45, 2.75) is 30.6 Å². The summed E-state index contributed by atoms with van der Waals surface area (Å²) in [5.41, 5.74) is 2.41. The van der Waals surface area contributed by atoms with Gasteiger partial charge in [0, 0.05) is 11.8 Å². The fourth-order valence-corrected chi connectivity index (χ4v) is 3.98. The maximum Gasteiger partial charge on any atom is 0.160 e. The number of ether oxygens (including phenoxy) is 1. The van der Waals surface area contributed by atoms with Gasteiger partial charge in [0.2, 0.25) is 0 Å². The minimum atomic E-state index is -1.54. The first-order valence-electron chi connectivity index (χ1n) is 7.42. The second-order valence-electron chi connectivity index (χ2n) is 5.43. The Morgan fingerprint density at radius 1 is 1.04 bits per heavy atom. The Morgan fingerprint density at radius 3 is 2.48 bits per heavy atom. The quantitative estimate of drug-likeness (QED) is 0.916. The van der Waals surface area contributed by atoms with E-state index < -0.39 is 22.6 Å². The van der Waals surface area contributed by atoms with Crippen molar-refractivity contribution >= 4 is 16.7 Å². The fourth-order valence-electron chi connectivity index (χ4n) is 2.89. The summed E-state index contributed by atoms with van der Waals surface area (Å²) in [4.78, 5) is 0.672. The van der Waals surface area contributed by atoms with E-state index in [0.29, 0.717) is 4.90 Å². The fraction of sp³-hybridized carbons (Fsp3) is 0.294. The zero-order valence-electron chi connectivity index (χ0n) is 12.7. The smallest absolute Gasteiger partial charge is 0.160 e. The molecule has 0 amide bonds. The van der Waals surface area contributed by atoms with Crippen LogP contribution in [0.15, 0.2) is 35.2 Å². The SMILES string of the molecule is COc1ccc(S(=O)Nc2ccc(F)c(F)c2)c2c1CCCC2. The number of benzene rings is 2. The van der Waals surface area contributed by atoms with Gasteiger partial charge in [-0.3, -0.25) is 0 Å². The lowest BCUT2D eigenvalue weighted by Gasteiger charge is -2.21. The van der Waals surface area contributed by atoms with Gasteiger partial charge in [0.05, 0.1) is 12.0 Å². The van der Waals surface area contributed by atoms with E-state index in [4.69, 9.17) is 4.74 Å². The molecule has 0 fully saturated rings. The summed E-state index contributed by atoms with van der Waals surface area (Å²) in [7, 11) is 0.0818. The summed E-state index contributed by atoms with van der Waals surface area (Å²) in [5, 5.41) is 0. The second-order valence-corrected chi connectivity index (χ2v) is 6.61. The van der Waals surface area contributed by atoms with E-state index in [9.17, 15) is 13.0 Å². The lowest BCUT2D eigenvalue weighted by molar-refractivity contribution is 0.405. The van der Waals surface area contributed by atoms with E-state index in [1.807, 2.05) is 6.07 Å².